The zero-order chi connectivity index (χ0) is 20.1. The summed E-state index contributed by atoms with van der Waals surface area (Å²) in [6.45, 7) is 0.501. The molecule has 0 unspecified atom stereocenters. The van der Waals surface area contributed by atoms with E-state index in [2.05, 4.69) is 15.6 Å². The summed E-state index contributed by atoms with van der Waals surface area (Å²) in [4.78, 5) is 4.01. The molecule has 0 saturated heterocycles. The molecular formula is C17H19F3N4O2S. The maximum Gasteiger partial charge on any atom is 0.416 e. The van der Waals surface area contributed by atoms with Gasteiger partial charge in [0.25, 0.3) is 0 Å². The van der Waals surface area contributed by atoms with E-state index in [1.165, 1.54) is 25.2 Å². The Morgan fingerprint density at radius 2 is 1.63 bits per heavy atom. The number of rotatable bonds is 5. The summed E-state index contributed by atoms with van der Waals surface area (Å²) in [5.41, 5.74) is 0.536. The fraction of sp³-hybridized carbons (Fsp3) is 0.235. The van der Waals surface area contributed by atoms with Crippen LogP contribution in [0, 0.1) is 0 Å². The van der Waals surface area contributed by atoms with Gasteiger partial charge in [-0.1, -0.05) is 24.3 Å². The Labute approximate surface area is 155 Å². The molecule has 2 aromatic carbocycles. The number of nitrogens with one attached hydrogen (secondary N) is 2. The number of nitrogens with zero attached hydrogens (tertiary/aromatic N) is 1. The number of sulfonamides is 1. The van der Waals surface area contributed by atoms with Crippen molar-refractivity contribution in [1.82, 2.24) is 10.6 Å². The normalized spacial score (nSPS) is 12.7. The lowest BCUT2D eigenvalue weighted by Gasteiger charge is -2.13. The Balaban J connectivity index is 1.93. The number of hydrogen-bond donors (Lipinski definition) is 3. The van der Waals surface area contributed by atoms with Crippen LogP contribution in [0.5, 0.6) is 0 Å². The lowest BCUT2D eigenvalue weighted by molar-refractivity contribution is -0.137. The molecule has 0 radical (unpaired) electrons. The summed E-state index contributed by atoms with van der Waals surface area (Å²) >= 11 is 0. The van der Waals surface area contributed by atoms with E-state index in [0.717, 1.165) is 17.7 Å². The molecule has 2 rings (SSSR count). The van der Waals surface area contributed by atoms with Gasteiger partial charge in [0, 0.05) is 20.1 Å². The second kappa shape index (κ2) is 8.40. The first-order valence-electron chi connectivity index (χ1n) is 7.82. The Hall–Kier alpha value is -2.59. The number of hydrogen-bond acceptors (Lipinski definition) is 3. The molecular weight excluding hydrogens is 381 g/mol. The van der Waals surface area contributed by atoms with Gasteiger partial charge in [-0.15, -0.1) is 0 Å². The second-order valence-corrected chi connectivity index (χ2v) is 7.23. The van der Waals surface area contributed by atoms with Gasteiger partial charge in [-0.3, -0.25) is 4.99 Å². The van der Waals surface area contributed by atoms with E-state index in [0.29, 0.717) is 18.1 Å². The van der Waals surface area contributed by atoms with Crippen molar-refractivity contribution in [3.8, 4) is 0 Å². The number of nitrogens with two attached hydrogens (primary N) is 1. The summed E-state index contributed by atoms with van der Waals surface area (Å²) in [7, 11) is -2.21. The van der Waals surface area contributed by atoms with Gasteiger partial charge >= 0.3 is 6.18 Å². The summed E-state index contributed by atoms with van der Waals surface area (Å²) in [5.74, 6) is 0.392. The zero-order valence-electron chi connectivity index (χ0n) is 14.4. The Morgan fingerprint density at radius 3 is 2.15 bits per heavy atom. The lowest BCUT2D eigenvalue weighted by atomic mass is 10.1. The Kier molecular flexibility index (Phi) is 6.45. The fourth-order valence-corrected chi connectivity index (χ4v) is 2.76. The van der Waals surface area contributed by atoms with Crippen molar-refractivity contribution < 1.29 is 21.6 Å². The Bertz CT molecular complexity index is 911. The highest BCUT2D eigenvalue weighted by Gasteiger charge is 2.30. The van der Waals surface area contributed by atoms with Crippen LogP contribution < -0.4 is 15.8 Å². The molecule has 27 heavy (non-hydrogen) atoms. The highest BCUT2D eigenvalue weighted by molar-refractivity contribution is 7.89. The highest BCUT2D eigenvalue weighted by Crippen LogP contribution is 2.29. The van der Waals surface area contributed by atoms with Crippen LogP contribution in [0.3, 0.4) is 0 Å². The number of benzene rings is 2. The second-order valence-electron chi connectivity index (χ2n) is 5.67. The molecule has 4 N–H and O–H groups in total. The molecule has 0 aliphatic carbocycles. The fourth-order valence-electron chi connectivity index (χ4n) is 2.25. The molecule has 0 heterocycles. The van der Waals surface area contributed by atoms with E-state index < -0.39 is 21.8 Å². The minimum Gasteiger partial charge on any atom is -0.352 e. The van der Waals surface area contributed by atoms with Gasteiger partial charge in [-0.25, -0.2) is 13.6 Å². The smallest absolute Gasteiger partial charge is 0.352 e. The van der Waals surface area contributed by atoms with Gasteiger partial charge in [0.1, 0.15) is 0 Å². The van der Waals surface area contributed by atoms with Crippen molar-refractivity contribution in [1.29, 1.82) is 0 Å². The standard InChI is InChI=1S/C17H19F3N4O2S/c1-22-16(23-10-12-5-7-15(8-6-12)27(21,25)26)24-11-13-3-2-4-14(9-13)17(18,19)20/h2-9H,10-11H2,1H3,(H2,21,25,26)(H2,22,23,24). The predicted molar refractivity (Wildman–Crippen MR) is 96.3 cm³/mol. The average molecular weight is 400 g/mol. The minimum atomic E-state index is -4.39. The molecule has 0 amide bonds. The largest absolute Gasteiger partial charge is 0.416 e. The molecule has 2 aromatic rings. The molecule has 0 aliphatic rings. The molecule has 6 nitrogen and oxygen atoms in total. The third kappa shape index (κ3) is 6.26. The van der Waals surface area contributed by atoms with Crippen molar-refractivity contribution in [3.05, 3.63) is 65.2 Å². The third-order valence-corrected chi connectivity index (χ3v) is 4.58. The van der Waals surface area contributed by atoms with Gasteiger partial charge in [0.2, 0.25) is 10.0 Å². The third-order valence-electron chi connectivity index (χ3n) is 3.65. The maximum atomic E-state index is 12.7. The number of primary sulfonamides is 1. The van der Waals surface area contributed by atoms with E-state index in [4.69, 9.17) is 5.14 Å². The van der Waals surface area contributed by atoms with Crippen LogP contribution in [0.4, 0.5) is 13.2 Å². The molecule has 0 spiro atoms. The molecule has 0 atom stereocenters. The number of alkyl halides is 3. The summed E-state index contributed by atoms with van der Waals surface area (Å²) in [5, 5.41) is 11.0. The predicted octanol–water partition coefficient (Wildman–Crippen LogP) is 2.22. The van der Waals surface area contributed by atoms with Gasteiger partial charge in [-0.2, -0.15) is 13.2 Å². The molecule has 0 aliphatic heterocycles. The molecule has 0 saturated carbocycles. The first-order valence-corrected chi connectivity index (χ1v) is 9.36. The van der Waals surface area contributed by atoms with Crippen LogP contribution in [0.15, 0.2) is 58.4 Å². The van der Waals surface area contributed by atoms with Crippen LogP contribution >= 0.6 is 0 Å². The topological polar surface area (TPSA) is 96.6 Å². The molecule has 10 heteroatoms. The van der Waals surface area contributed by atoms with Gasteiger partial charge in [0.05, 0.1) is 10.5 Å². The van der Waals surface area contributed by atoms with Crippen molar-refractivity contribution in [2.45, 2.75) is 24.2 Å². The minimum absolute atomic E-state index is 0.0123. The number of aliphatic imine (C=N–C) groups is 1. The molecule has 0 aromatic heterocycles. The van der Waals surface area contributed by atoms with E-state index in [9.17, 15) is 21.6 Å². The first kappa shape index (κ1) is 20.7. The zero-order valence-corrected chi connectivity index (χ0v) is 15.2. The SMILES string of the molecule is CN=C(NCc1ccc(S(N)(=O)=O)cc1)NCc1cccc(C(F)(F)F)c1. The molecule has 0 fully saturated rings. The van der Waals surface area contributed by atoms with Crippen molar-refractivity contribution >= 4 is 16.0 Å². The van der Waals surface area contributed by atoms with Crippen LogP contribution in [0.1, 0.15) is 16.7 Å². The van der Waals surface area contributed by atoms with E-state index in [1.54, 1.807) is 18.2 Å². The number of halogens is 3. The molecule has 146 valence electrons. The summed E-state index contributed by atoms with van der Waals surface area (Å²) in [6, 6.07) is 11.0. The quantitative estimate of drug-likeness (QED) is 0.530. The summed E-state index contributed by atoms with van der Waals surface area (Å²) in [6.07, 6.45) is -4.39. The van der Waals surface area contributed by atoms with Crippen molar-refractivity contribution in [3.63, 3.8) is 0 Å². The van der Waals surface area contributed by atoms with E-state index >= 15 is 0 Å². The van der Waals surface area contributed by atoms with Crippen LogP contribution in [-0.4, -0.2) is 21.4 Å². The van der Waals surface area contributed by atoms with Crippen LogP contribution in [0.25, 0.3) is 0 Å². The summed E-state index contributed by atoms with van der Waals surface area (Å²) < 4.78 is 60.7. The van der Waals surface area contributed by atoms with Crippen LogP contribution in [0.2, 0.25) is 0 Å². The van der Waals surface area contributed by atoms with Gasteiger partial charge < -0.3 is 10.6 Å². The van der Waals surface area contributed by atoms with Gasteiger partial charge in [0.15, 0.2) is 5.96 Å². The lowest BCUT2D eigenvalue weighted by Crippen LogP contribution is -2.36. The first-order chi connectivity index (χ1) is 12.6. The Morgan fingerprint density at radius 1 is 1.04 bits per heavy atom. The van der Waals surface area contributed by atoms with Gasteiger partial charge in [-0.05, 0) is 35.4 Å². The molecule has 0 bridgehead atoms. The van der Waals surface area contributed by atoms with E-state index in [-0.39, 0.29) is 11.4 Å². The maximum absolute atomic E-state index is 12.7. The van der Waals surface area contributed by atoms with Crippen molar-refractivity contribution in [2.75, 3.05) is 7.05 Å². The monoisotopic (exact) mass is 400 g/mol. The number of guanidine groups is 1. The average Bonchev–Trinajstić information content (AvgIpc) is 2.61. The highest BCUT2D eigenvalue weighted by atomic mass is 32.2. The van der Waals surface area contributed by atoms with Crippen molar-refractivity contribution in [2.24, 2.45) is 10.1 Å². The van der Waals surface area contributed by atoms with E-state index in [1.807, 2.05) is 0 Å². The van der Waals surface area contributed by atoms with Crippen LogP contribution in [-0.2, 0) is 29.3 Å².